The number of rotatable bonds is 2. The topological polar surface area (TPSA) is 35.2 Å². The molecule has 19 heavy (non-hydrogen) atoms. The average Bonchev–Trinajstić information content (AvgIpc) is 2.88. The van der Waals surface area contributed by atoms with Crippen LogP contribution in [0.5, 0.6) is 5.75 Å². The molecule has 0 aromatic heterocycles. The quantitative estimate of drug-likeness (QED) is 0.895. The Labute approximate surface area is 125 Å². The highest BCUT2D eigenvalue weighted by molar-refractivity contribution is 9.10. The van der Waals surface area contributed by atoms with Gasteiger partial charge in [-0.25, -0.2) is 0 Å². The van der Waals surface area contributed by atoms with E-state index in [9.17, 15) is 0 Å². The molecule has 0 fully saturated rings. The zero-order valence-corrected chi connectivity index (χ0v) is 12.5. The second-order valence-corrected chi connectivity index (χ2v) is 5.88. The minimum Gasteiger partial charge on any atom is -0.493 e. The molecule has 0 saturated carbocycles. The zero-order valence-electron chi connectivity index (χ0n) is 10.2. The minimum atomic E-state index is -0.153. The molecule has 2 N–H and O–H groups in total. The van der Waals surface area contributed by atoms with Crippen LogP contribution in [-0.2, 0) is 6.42 Å². The van der Waals surface area contributed by atoms with Crippen LogP contribution in [0.1, 0.15) is 22.7 Å². The van der Waals surface area contributed by atoms with E-state index in [1.165, 1.54) is 5.56 Å². The smallest absolute Gasteiger partial charge is 0.122 e. The van der Waals surface area contributed by atoms with E-state index >= 15 is 0 Å². The number of halogens is 2. The van der Waals surface area contributed by atoms with Gasteiger partial charge in [0.25, 0.3) is 0 Å². The Balaban J connectivity index is 1.94. The molecule has 0 aliphatic carbocycles. The van der Waals surface area contributed by atoms with E-state index in [0.29, 0.717) is 5.02 Å². The Hall–Kier alpha value is -1.03. The van der Waals surface area contributed by atoms with Crippen molar-refractivity contribution in [2.75, 3.05) is 6.61 Å². The van der Waals surface area contributed by atoms with E-state index in [0.717, 1.165) is 34.4 Å². The maximum Gasteiger partial charge on any atom is 0.122 e. The van der Waals surface area contributed by atoms with E-state index < -0.39 is 0 Å². The molecule has 0 radical (unpaired) electrons. The molecule has 2 aromatic rings. The van der Waals surface area contributed by atoms with Crippen molar-refractivity contribution in [1.29, 1.82) is 0 Å². The molecular weight excluding hydrogens is 326 g/mol. The monoisotopic (exact) mass is 337 g/mol. The lowest BCUT2D eigenvalue weighted by atomic mass is 9.97. The fourth-order valence-corrected chi connectivity index (χ4v) is 2.81. The first-order chi connectivity index (χ1) is 9.15. The number of hydrogen-bond acceptors (Lipinski definition) is 2. The third kappa shape index (κ3) is 2.50. The number of fused-ring (bicyclic) bond motifs is 1. The molecule has 1 heterocycles. The summed E-state index contributed by atoms with van der Waals surface area (Å²) >= 11 is 9.43. The van der Waals surface area contributed by atoms with Gasteiger partial charge in [-0.1, -0.05) is 29.8 Å². The van der Waals surface area contributed by atoms with Crippen LogP contribution in [0.15, 0.2) is 40.9 Å². The molecule has 2 aromatic carbocycles. The third-order valence-corrected chi connectivity index (χ3v) is 4.59. The van der Waals surface area contributed by atoms with Crippen molar-refractivity contribution in [2.45, 2.75) is 12.5 Å². The van der Waals surface area contributed by atoms with Crippen LogP contribution in [0.2, 0.25) is 5.02 Å². The standard InChI is InChI=1S/C15H13BrClNO/c16-12-8-11(1-3-13(12)17)15(18)10-2-4-14-9(7-10)5-6-19-14/h1-4,7-8,15H,5-6,18H2. The minimum absolute atomic E-state index is 0.153. The number of nitrogens with two attached hydrogens (primary N) is 1. The Kier molecular flexibility index (Phi) is 3.52. The summed E-state index contributed by atoms with van der Waals surface area (Å²) in [6.45, 7) is 0.764. The zero-order chi connectivity index (χ0) is 13.4. The van der Waals surface area contributed by atoms with Gasteiger partial charge in [0.05, 0.1) is 17.7 Å². The molecule has 1 unspecified atom stereocenters. The molecule has 2 nitrogen and oxygen atoms in total. The molecule has 1 atom stereocenters. The summed E-state index contributed by atoms with van der Waals surface area (Å²) in [5.74, 6) is 0.980. The van der Waals surface area contributed by atoms with Gasteiger partial charge < -0.3 is 10.5 Å². The van der Waals surface area contributed by atoms with E-state index in [1.54, 1.807) is 0 Å². The predicted molar refractivity (Wildman–Crippen MR) is 80.8 cm³/mol. The predicted octanol–water partition coefficient (Wildman–Crippen LogP) is 4.09. The second kappa shape index (κ2) is 5.16. The van der Waals surface area contributed by atoms with Crippen molar-refractivity contribution in [3.63, 3.8) is 0 Å². The van der Waals surface area contributed by atoms with Crippen molar-refractivity contribution in [1.82, 2.24) is 0 Å². The van der Waals surface area contributed by atoms with Crippen molar-refractivity contribution in [3.05, 3.63) is 62.6 Å². The molecule has 0 spiro atoms. The highest BCUT2D eigenvalue weighted by atomic mass is 79.9. The molecule has 0 saturated heterocycles. The molecule has 98 valence electrons. The lowest BCUT2D eigenvalue weighted by Gasteiger charge is -2.14. The fraction of sp³-hybridized carbons (Fsp3) is 0.200. The summed E-state index contributed by atoms with van der Waals surface area (Å²) in [6, 6.07) is 11.8. The summed E-state index contributed by atoms with van der Waals surface area (Å²) in [4.78, 5) is 0. The first kappa shape index (κ1) is 13.0. The summed E-state index contributed by atoms with van der Waals surface area (Å²) in [5.41, 5.74) is 9.69. The third-order valence-electron chi connectivity index (χ3n) is 3.38. The number of benzene rings is 2. The molecule has 1 aliphatic heterocycles. The van der Waals surface area contributed by atoms with Gasteiger partial charge in [0.2, 0.25) is 0 Å². The summed E-state index contributed by atoms with van der Waals surface area (Å²) < 4.78 is 6.38. The Bertz CT molecular complexity index is 630. The Morgan fingerprint density at radius 2 is 1.89 bits per heavy atom. The van der Waals surface area contributed by atoms with Gasteiger partial charge in [-0.3, -0.25) is 0 Å². The molecule has 1 aliphatic rings. The Morgan fingerprint density at radius 3 is 2.68 bits per heavy atom. The maximum absolute atomic E-state index is 6.32. The van der Waals surface area contributed by atoms with Gasteiger partial charge in [-0.2, -0.15) is 0 Å². The summed E-state index contributed by atoms with van der Waals surface area (Å²) in [7, 11) is 0. The van der Waals surface area contributed by atoms with E-state index in [-0.39, 0.29) is 6.04 Å². The summed E-state index contributed by atoms with van der Waals surface area (Å²) in [6.07, 6.45) is 0.959. The molecule has 3 rings (SSSR count). The summed E-state index contributed by atoms with van der Waals surface area (Å²) in [5, 5.41) is 0.693. The average molecular weight is 339 g/mol. The van der Waals surface area contributed by atoms with E-state index in [4.69, 9.17) is 22.1 Å². The lowest BCUT2D eigenvalue weighted by molar-refractivity contribution is 0.357. The van der Waals surface area contributed by atoms with Gasteiger partial charge in [-0.15, -0.1) is 0 Å². The van der Waals surface area contributed by atoms with Crippen LogP contribution in [0, 0.1) is 0 Å². The molecular formula is C15H13BrClNO. The van der Waals surface area contributed by atoms with Crippen LogP contribution in [0.4, 0.5) is 0 Å². The van der Waals surface area contributed by atoms with Crippen molar-refractivity contribution in [3.8, 4) is 5.75 Å². The van der Waals surface area contributed by atoms with Gasteiger partial charge >= 0.3 is 0 Å². The first-order valence-corrected chi connectivity index (χ1v) is 7.28. The normalized spacial score (nSPS) is 14.9. The first-order valence-electron chi connectivity index (χ1n) is 6.11. The van der Waals surface area contributed by atoms with E-state index in [2.05, 4.69) is 22.0 Å². The van der Waals surface area contributed by atoms with Gasteiger partial charge in [0.15, 0.2) is 0 Å². The second-order valence-electron chi connectivity index (χ2n) is 4.62. The molecule has 0 amide bonds. The van der Waals surface area contributed by atoms with Gasteiger partial charge in [-0.05, 0) is 50.8 Å². The van der Waals surface area contributed by atoms with Crippen LogP contribution in [0.25, 0.3) is 0 Å². The number of ether oxygens (including phenoxy) is 1. The van der Waals surface area contributed by atoms with Crippen LogP contribution in [-0.4, -0.2) is 6.61 Å². The molecule has 0 bridgehead atoms. The highest BCUT2D eigenvalue weighted by Gasteiger charge is 2.16. The SMILES string of the molecule is NC(c1ccc(Cl)c(Br)c1)c1ccc2c(c1)CCO2. The van der Waals surface area contributed by atoms with Crippen molar-refractivity contribution < 1.29 is 4.74 Å². The maximum atomic E-state index is 6.32. The molecule has 4 heteroatoms. The van der Waals surface area contributed by atoms with E-state index in [1.807, 2.05) is 30.3 Å². The van der Waals surface area contributed by atoms with Crippen molar-refractivity contribution >= 4 is 27.5 Å². The van der Waals surface area contributed by atoms with Crippen LogP contribution < -0.4 is 10.5 Å². The van der Waals surface area contributed by atoms with Crippen molar-refractivity contribution in [2.24, 2.45) is 5.73 Å². The largest absolute Gasteiger partial charge is 0.493 e. The van der Waals surface area contributed by atoms with Gasteiger partial charge in [0, 0.05) is 10.9 Å². The fourth-order valence-electron chi connectivity index (χ4n) is 2.30. The highest BCUT2D eigenvalue weighted by Crippen LogP contribution is 2.31. The van der Waals surface area contributed by atoms with Gasteiger partial charge in [0.1, 0.15) is 5.75 Å². The Morgan fingerprint density at radius 1 is 1.16 bits per heavy atom. The van der Waals surface area contributed by atoms with Crippen LogP contribution in [0.3, 0.4) is 0 Å². The lowest BCUT2D eigenvalue weighted by Crippen LogP contribution is -2.12. The number of hydrogen-bond donors (Lipinski definition) is 1. The van der Waals surface area contributed by atoms with Crippen LogP contribution >= 0.6 is 27.5 Å².